The molecule has 4 rings (SSSR count). The van der Waals surface area contributed by atoms with Crippen LogP contribution in [0, 0.1) is 6.57 Å². The molecule has 0 saturated carbocycles. The summed E-state index contributed by atoms with van der Waals surface area (Å²) in [6.07, 6.45) is 1.10. The zero-order valence-corrected chi connectivity index (χ0v) is 11.3. The van der Waals surface area contributed by atoms with Crippen molar-refractivity contribution in [2.24, 2.45) is 0 Å². The Labute approximate surface area is 119 Å². The lowest BCUT2D eigenvalue weighted by molar-refractivity contribution is 0.147. The van der Waals surface area contributed by atoms with Gasteiger partial charge in [0.2, 0.25) is 0 Å². The predicted molar refractivity (Wildman–Crippen MR) is 79.1 cm³/mol. The van der Waals surface area contributed by atoms with E-state index in [0.29, 0.717) is 0 Å². The van der Waals surface area contributed by atoms with E-state index in [4.69, 9.17) is 6.57 Å². The lowest BCUT2D eigenvalue weighted by atomic mass is 9.81. The molecule has 0 spiro atoms. The summed E-state index contributed by atoms with van der Waals surface area (Å²) in [6, 6.07) is 17.2. The molecule has 0 fully saturated rings. The van der Waals surface area contributed by atoms with Gasteiger partial charge in [0.25, 0.3) is 6.04 Å². The predicted octanol–water partition coefficient (Wildman–Crippen LogP) is 3.76. The molecule has 2 atom stereocenters. The molecule has 2 heteroatoms. The van der Waals surface area contributed by atoms with Gasteiger partial charge in [0, 0.05) is 18.7 Å². The van der Waals surface area contributed by atoms with Gasteiger partial charge < -0.3 is 4.85 Å². The molecule has 2 aliphatic rings. The van der Waals surface area contributed by atoms with E-state index in [2.05, 4.69) is 58.3 Å². The molecule has 0 aliphatic carbocycles. The van der Waals surface area contributed by atoms with Crippen LogP contribution in [0.4, 0.5) is 0 Å². The summed E-state index contributed by atoms with van der Waals surface area (Å²) in [5.74, 6) is 0. The number of fused-ring (bicyclic) bond motifs is 4. The highest BCUT2D eigenvalue weighted by Crippen LogP contribution is 2.46. The normalized spacial score (nSPS) is 24.1. The summed E-state index contributed by atoms with van der Waals surface area (Å²) < 4.78 is 0. The maximum atomic E-state index is 7.69. The van der Waals surface area contributed by atoms with Crippen LogP contribution in [0.2, 0.25) is 0 Å². The first-order chi connectivity index (χ1) is 9.88. The van der Waals surface area contributed by atoms with E-state index in [1.54, 1.807) is 0 Å². The first-order valence-electron chi connectivity index (χ1n) is 7.14. The molecule has 2 aromatic rings. The zero-order chi connectivity index (χ0) is 13.5. The molecule has 0 amide bonds. The maximum Gasteiger partial charge on any atom is 0.268 e. The standard InChI is InChI=1S/C18H16N2/c1-19-17-15-8-4-3-7-14(15)12-20-11-10-13-6-2-5-9-16(13)18(17)20/h2-9,17-18H,10-12H2/t17-,18-/m0/s1. The van der Waals surface area contributed by atoms with E-state index in [-0.39, 0.29) is 12.1 Å². The Balaban J connectivity index is 1.89. The van der Waals surface area contributed by atoms with E-state index in [0.717, 1.165) is 19.5 Å². The van der Waals surface area contributed by atoms with Crippen LogP contribution >= 0.6 is 0 Å². The summed E-state index contributed by atoms with van der Waals surface area (Å²) >= 11 is 0. The Bertz CT molecular complexity index is 699. The van der Waals surface area contributed by atoms with Gasteiger partial charge in [-0.3, -0.25) is 4.90 Å². The largest absolute Gasteiger partial charge is 0.306 e. The van der Waals surface area contributed by atoms with E-state index in [9.17, 15) is 0 Å². The SMILES string of the molecule is [C-]#[N+][C@H]1c2ccccc2CN2CCc3ccccc3[C@@H]12. The Morgan fingerprint density at radius 2 is 1.65 bits per heavy atom. The lowest BCUT2D eigenvalue weighted by Crippen LogP contribution is -2.40. The van der Waals surface area contributed by atoms with Crippen LogP contribution in [0.5, 0.6) is 0 Å². The molecule has 0 unspecified atom stereocenters. The molecular formula is C18H16N2. The highest BCUT2D eigenvalue weighted by atomic mass is 15.2. The molecule has 2 aromatic carbocycles. The number of rotatable bonds is 0. The number of hydrogen-bond donors (Lipinski definition) is 0. The topological polar surface area (TPSA) is 7.60 Å². The van der Waals surface area contributed by atoms with Crippen LogP contribution in [0.3, 0.4) is 0 Å². The first-order valence-corrected chi connectivity index (χ1v) is 7.14. The van der Waals surface area contributed by atoms with Gasteiger partial charge in [-0.25, -0.2) is 6.57 Å². The Morgan fingerprint density at radius 3 is 2.45 bits per heavy atom. The van der Waals surface area contributed by atoms with Gasteiger partial charge in [-0.2, -0.15) is 0 Å². The summed E-state index contributed by atoms with van der Waals surface area (Å²) in [7, 11) is 0. The molecule has 0 saturated heterocycles. The fourth-order valence-electron chi connectivity index (χ4n) is 3.69. The van der Waals surface area contributed by atoms with Crippen LogP contribution in [0.15, 0.2) is 48.5 Å². The lowest BCUT2D eigenvalue weighted by Gasteiger charge is -2.41. The molecular weight excluding hydrogens is 244 g/mol. The molecule has 20 heavy (non-hydrogen) atoms. The van der Waals surface area contributed by atoms with Gasteiger partial charge in [-0.05, 0) is 23.1 Å². The minimum absolute atomic E-state index is 0.0681. The van der Waals surface area contributed by atoms with Crippen molar-refractivity contribution in [2.75, 3.05) is 6.54 Å². The van der Waals surface area contributed by atoms with Crippen LogP contribution < -0.4 is 0 Å². The fraction of sp³-hybridized carbons (Fsp3) is 0.278. The molecule has 0 bridgehead atoms. The molecule has 0 N–H and O–H groups in total. The average molecular weight is 260 g/mol. The third-order valence-corrected chi connectivity index (χ3v) is 4.62. The van der Waals surface area contributed by atoms with E-state index in [1.807, 2.05) is 0 Å². The second-order valence-corrected chi connectivity index (χ2v) is 5.64. The molecule has 2 aliphatic heterocycles. The summed E-state index contributed by atoms with van der Waals surface area (Å²) in [5, 5.41) is 0. The van der Waals surface area contributed by atoms with Crippen molar-refractivity contribution >= 4 is 0 Å². The molecule has 98 valence electrons. The van der Waals surface area contributed by atoms with Crippen LogP contribution in [-0.4, -0.2) is 11.4 Å². The third kappa shape index (κ3) is 1.60. The van der Waals surface area contributed by atoms with E-state index in [1.165, 1.54) is 22.3 Å². The van der Waals surface area contributed by atoms with Crippen molar-refractivity contribution in [1.82, 2.24) is 4.90 Å². The summed E-state index contributed by atoms with van der Waals surface area (Å²) in [4.78, 5) is 6.46. The number of nitrogens with zero attached hydrogens (tertiary/aromatic N) is 2. The van der Waals surface area contributed by atoms with Crippen LogP contribution in [-0.2, 0) is 13.0 Å². The molecule has 2 heterocycles. The van der Waals surface area contributed by atoms with E-state index < -0.39 is 0 Å². The molecule has 0 aromatic heterocycles. The highest BCUT2D eigenvalue weighted by molar-refractivity contribution is 5.42. The molecule has 2 nitrogen and oxygen atoms in total. The van der Waals surface area contributed by atoms with Gasteiger partial charge >= 0.3 is 0 Å². The van der Waals surface area contributed by atoms with Crippen LogP contribution in [0.25, 0.3) is 4.85 Å². The Kier molecular flexibility index (Phi) is 2.61. The van der Waals surface area contributed by atoms with Gasteiger partial charge in [0.15, 0.2) is 0 Å². The fourth-order valence-corrected chi connectivity index (χ4v) is 3.69. The van der Waals surface area contributed by atoms with Gasteiger partial charge in [0.05, 0.1) is 0 Å². The van der Waals surface area contributed by atoms with Crippen molar-refractivity contribution in [3.63, 3.8) is 0 Å². The minimum atomic E-state index is -0.0681. The van der Waals surface area contributed by atoms with Gasteiger partial charge in [0.1, 0.15) is 6.04 Å². The minimum Gasteiger partial charge on any atom is -0.306 e. The Morgan fingerprint density at radius 1 is 0.950 bits per heavy atom. The van der Waals surface area contributed by atoms with Crippen LogP contribution in [0.1, 0.15) is 34.3 Å². The first kappa shape index (κ1) is 11.7. The van der Waals surface area contributed by atoms with Gasteiger partial charge in [-0.15, -0.1) is 0 Å². The highest BCUT2D eigenvalue weighted by Gasteiger charge is 2.42. The number of benzene rings is 2. The van der Waals surface area contributed by atoms with Crippen molar-refractivity contribution in [2.45, 2.75) is 25.0 Å². The summed E-state index contributed by atoms with van der Waals surface area (Å²) in [6.45, 7) is 9.72. The van der Waals surface area contributed by atoms with Crippen molar-refractivity contribution in [3.05, 3.63) is 82.2 Å². The molecule has 0 radical (unpaired) electrons. The monoisotopic (exact) mass is 260 g/mol. The van der Waals surface area contributed by atoms with Crippen molar-refractivity contribution in [3.8, 4) is 0 Å². The van der Waals surface area contributed by atoms with Crippen molar-refractivity contribution in [1.29, 1.82) is 0 Å². The number of hydrogen-bond acceptors (Lipinski definition) is 1. The maximum absolute atomic E-state index is 7.69. The quantitative estimate of drug-likeness (QED) is 0.654. The van der Waals surface area contributed by atoms with Crippen molar-refractivity contribution < 1.29 is 0 Å². The second kappa shape index (κ2) is 4.47. The average Bonchev–Trinajstić information content (AvgIpc) is 2.52. The Hall–Kier alpha value is -2.11. The zero-order valence-electron chi connectivity index (χ0n) is 11.3. The third-order valence-electron chi connectivity index (χ3n) is 4.62. The smallest absolute Gasteiger partial charge is 0.268 e. The van der Waals surface area contributed by atoms with Gasteiger partial charge in [-0.1, -0.05) is 48.5 Å². The van der Waals surface area contributed by atoms with E-state index >= 15 is 0 Å². The second-order valence-electron chi connectivity index (χ2n) is 5.64. The summed E-state index contributed by atoms with van der Waals surface area (Å²) in [5.41, 5.74) is 5.32.